The van der Waals surface area contributed by atoms with Crippen molar-refractivity contribution in [3.8, 4) is 0 Å². The van der Waals surface area contributed by atoms with Crippen LogP contribution >= 0.6 is 27.3 Å². The maximum Gasteiger partial charge on any atom is 0.0701 e. The van der Waals surface area contributed by atoms with Crippen molar-refractivity contribution in [2.75, 3.05) is 0 Å². The Balaban J connectivity index is 2.05. The molecule has 0 saturated heterocycles. The normalized spacial score (nSPS) is 30.2. The Morgan fingerprint density at radius 1 is 1.67 bits per heavy atom. The Bertz CT molecular complexity index is 282. The van der Waals surface area contributed by atoms with E-state index in [1.165, 1.54) is 15.1 Å². The van der Waals surface area contributed by atoms with E-state index in [0.29, 0.717) is 6.04 Å². The van der Waals surface area contributed by atoms with Gasteiger partial charge >= 0.3 is 0 Å². The third kappa shape index (κ3) is 1.58. The molecule has 1 aromatic rings. The maximum absolute atomic E-state index is 5.83. The first kappa shape index (κ1) is 8.73. The van der Waals surface area contributed by atoms with Crippen LogP contribution in [-0.4, -0.2) is 6.04 Å². The molecule has 2 N–H and O–H groups in total. The van der Waals surface area contributed by atoms with Crippen LogP contribution in [0.25, 0.3) is 0 Å². The van der Waals surface area contributed by atoms with Gasteiger partial charge in [0, 0.05) is 10.9 Å². The first-order valence-corrected chi connectivity index (χ1v) is 5.80. The van der Waals surface area contributed by atoms with Crippen LogP contribution in [0.5, 0.6) is 0 Å². The lowest BCUT2D eigenvalue weighted by Gasteiger charge is -2.00. The van der Waals surface area contributed by atoms with Crippen LogP contribution in [0.3, 0.4) is 0 Å². The molecule has 1 saturated carbocycles. The summed E-state index contributed by atoms with van der Waals surface area (Å²) in [5.74, 6) is 1.48. The second-order valence-electron chi connectivity index (χ2n) is 3.51. The molecule has 1 aliphatic carbocycles. The van der Waals surface area contributed by atoms with Crippen molar-refractivity contribution in [3.05, 3.63) is 20.8 Å². The second kappa shape index (κ2) is 3.13. The van der Waals surface area contributed by atoms with Gasteiger partial charge in [-0.15, -0.1) is 11.3 Å². The number of nitrogens with two attached hydrogens (primary N) is 1. The Labute approximate surface area is 85.1 Å². The second-order valence-corrected chi connectivity index (χ2v) is 6.00. The molecule has 0 spiro atoms. The zero-order chi connectivity index (χ0) is 8.72. The average molecular weight is 246 g/mol. The summed E-state index contributed by atoms with van der Waals surface area (Å²) in [7, 11) is 0. The first-order chi connectivity index (χ1) is 5.68. The van der Waals surface area contributed by atoms with Crippen LogP contribution in [0, 0.1) is 5.92 Å². The molecule has 0 radical (unpaired) electrons. The fourth-order valence-corrected chi connectivity index (χ4v) is 3.26. The Hall–Kier alpha value is 0.140. The molecule has 3 atom stereocenters. The van der Waals surface area contributed by atoms with Crippen molar-refractivity contribution >= 4 is 27.3 Å². The van der Waals surface area contributed by atoms with E-state index in [1.807, 2.05) is 11.3 Å². The summed E-state index contributed by atoms with van der Waals surface area (Å²) in [6.07, 6.45) is 1.28. The summed E-state index contributed by atoms with van der Waals surface area (Å²) < 4.78 is 1.23. The standard InChI is InChI=1S/C9H12BrNS/c1-5(11)6-4-7(6)8-2-3-9(10)12-8/h2-3,5-7H,4,11H2,1H3. The molecular formula is C9H12BrNS. The molecule has 1 nitrogen and oxygen atoms in total. The fourth-order valence-electron chi connectivity index (χ4n) is 1.65. The summed E-state index contributed by atoms with van der Waals surface area (Å²) in [5.41, 5.74) is 5.83. The molecule has 0 bridgehead atoms. The Morgan fingerprint density at radius 2 is 2.42 bits per heavy atom. The molecule has 0 aromatic carbocycles. The van der Waals surface area contributed by atoms with Gasteiger partial charge in [-0.1, -0.05) is 0 Å². The lowest BCUT2D eigenvalue weighted by atomic mass is 10.2. The molecule has 1 aromatic heterocycles. The summed E-state index contributed by atoms with van der Waals surface area (Å²) >= 11 is 5.31. The zero-order valence-corrected chi connectivity index (χ0v) is 9.36. The van der Waals surface area contributed by atoms with Gasteiger partial charge in [-0.2, -0.15) is 0 Å². The van der Waals surface area contributed by atoms with Crippen molar-refractivity contribution in [2.24, 2.45) is 11.7 Å². The van der Waals surface area contributed by atoms with Gasteiger partial charge in [-0.3, -0.25) is 0 Å². The summed E-state index contributed by atoms with van der Waals surface area (Å²) in [6, 6.07) is 4.69. The molecule has 0 aliphatic heterocycles. The van der Waals surface area contributed by atoms with Crippen LogP contribution in [0.4, 0.5) is 0 Å². The van der Waals surface area contributed by atoms with Crippen LogP contribution < -0.4 is 5.73 Å². The minimum absolute atomic E-state index is 0.357. The highest BCUT2D eigenvalue weighted by Gasteiger charge is 2.41. The predicted octanol–water partition coefficient (Wildman–Crippen LogP) is 2.96. The molecule has 1 fully saturated rings. The number of hydrogen-bond acceptors (Lipinski definition) is 2. The van der Waals surface area contributed by atoms with Gasteiger partial charge in [-0.05, 0) is 53.2 Å². The smallest absolute Gasteiger partial charge is 0.0701 e. The lowest BCUT2D eigenvalue weighted by Crippen LogP contribution is -2.17. The number of thiophene rings is 1. The van der Waals surface area contributed by atoms with Crippen LogP contribution in [0.2, 0.25) is 0 Å². The predicted molar refractivity (Wildman–Crippen MR) is 56.5 cm³/mol. The largest absolute Gasteiger partial charge is 0.328 e. The quantitative estimate of drug-likeness (QED) is 0.853. The van der Waals surface area contributed by atoms with Gasteiger partial charge in [0.2, 0.25) is 0 Å². The fraction of sp³-hybridized carbons (Fsp3) is 0.556. The molecule has 3 unspecified atom stereocenters. The van der Waals surface area contributed by atoms with Crippen molar-refractivity contribution in [3.63, 3.8) is 0 Å². The van der Waals surface area contributed by atoms with Gasteiger partial charge in [0.05, 0.1) is 3.79 Å². The Kier molecular flexibility index (Phi) is 2.27. The van der Waals surface area contributed by atoms with E-state index in [0.717, 1.165) is 11.8 Å². The maximum atomic E-state index is 5.83. The molecule has 3 heteroatoms. The van der Waals surface area contributed by atoms with E-state index in [1.54, 1.807) is 0 Å². The van der Waals surface area contributed by atoms with Crippen LogP contribution in [0.1, 0.15) is 24.1 Å². The highest BCUT2D eigenvalue weighted by molar-refractivity contribution is 9.11. The summed E-state index contributed by atoms with van der Waals surface area (Å²) in [5, 5.41) is 0. The molecule has 12 heavy (non-hydrogen) atoms. The van der Waals surface area contributed by atoms with Gasteiger partial charge < -0.3 is 5.73 Å². The van der Waals surface area contributed by atoms with Gasteiger partial charge in [0.15, 0.2) is 0 Å². The number of rotatable bonds is 2. The third-order valence-electron chi connectivity index (χ3n) is 2.47. The minimum Gasteiger partial charge on any atom is -0.328 e. The van der Waals surface area contributed by atoms with Crippen LogP contribution in [0.15, 0.2) is 15.9 Å². The molecule has 66 valence electrons. The topological polar surface area (TPSA) is 26.0 Å². The highest BCUT2D eigenvalue weighted by atomic mass is 79.9. The summed E-state index contributed by atoms with van der Waals surface area (Å²) in [6.45, 7) is 2.10. The third-order valence-corrected chi connectivity index (χ3v) is 4.23. The number of hydrogen-bond donors (Lipinski definition) is 1. The van der Waals surface area contributed by atoms with Crippen molar-refractivity contribution in [1.29, 1.82) is 0 Å². The first-order valence-electron chi connectivity index (χ1n) is 4.19. The van der Waals surface area contributed by atoms with E-state index >= 15 is 0 Å². The monoisotopic (exact) mass is 245 g/mol. The number of halogens is 1. The van der Waals surface area contributed by atoms with Gasteiger partial charge in [-0.25, -0.2) is 0 Å². The molecule has 0 amide bonds. The lowest BCUT2D eigenvalue weighted by molar-refractivity contribution is 0.633. The van der Waals surface area contributed by atoms with E-state index in [-0.39, 0.29) is 0 Å². The molecule has 2 rings (SSSR count). The summed E-state index contributed by atoms with van der Waals surface area (Å²) in [4.78, 5) is 1.49. The van der Waals surface area contributed by atoms with Gasteiger partial charge in [0.25, 0.3) is 0 Å². The van der Waals surface area contributed by atoms with E-state index in [2.05, 4.69) is 35.0 Å². The highest BCUT2D eigenvalue weighted by Crippen LogP contribution is 2.51. The van der Waals surface area contributed by atoms with Crippen molar-refractivity contribution < 1.29 is 0 Å². The molecular weight excluding hydrogens is 234 g/mol. The SMILES string of the molecule is CC(N)C1CC1c1ccc(Br)s1. The molecule has 1 heterocycles. The van der Waals surface area contributed by atoms with Gasteiger partial charge in [0.1, 0.15) is 0 Å². The minimum atomic E-state index is 0.357. The van der Waals surface area contributed by atoms with E-state index < -0.39 is 0 Å². The Morgan fingerprint density at radius 3 is 2.83 bits per heavy atom. The average Bonchev–Trinajstić information content (AvgIpc) is 2.70. The van der Waals surface area contributed by atoms with Crippen molar-refractivity contribution in [1.82, 2.24) is 0 Å². The van der Waals surface area contributed by atoms with Crippen molar-refractivity contribution in [2.45, 2.75) is 25.3 Å². The van der Waals surface area contributed by atoms with E-state index in [9.17, 15) is 0 Å². The van der Waals surface area contributed by atoms with Crippen LogP contribution in [-0.2, 0) is 0 Å². The zero-order valence-electron chi connectivity index (χ0n) is 6.96. The molecule has 1 aliphatic rings. The van der Waals surface area contributed by atoms with E-state index in [4.69, 9.17) is 5.73 Å².